The van der Waals surface area contributed by atoms with E-state index in [0.717, 1.165) is 6.42 Å². The predicted molar refractivity (Wildman–Crippen MR) is 55.3 cm³/mol. The van der Waals surface area contributed by atoms with Crippen molar-refractivity contribution in [1.82, 2.24) is 15.3 Å². The Morgan fingerprint density at radius 1 is 1.60 bits per heavy atom. The van der Waals surface area contributed by atoms with Crippen molar-refractivity contribution in [2.75, 3.05) is 6.61 Å². The number of carbonyl (C=O) groups is 1. The minimum absolute atomic E-state index is 0.00972. The zero-order valence-electron chi connectivity index (χ0n) is 8.68. The minimum Gasteiger partial charge on any atom is -0.396 e. The van der Waals surface area contributed by atoms with Crippen LogP contribution in [0, 0.1) is 0 Å². The molecule has 1 rings (SSSR count). The standard InChI is InChI=1S/C10H15N3O2/c1-2-8(3-6-14)13-10(15)9-7-11-4-5-12-9/h4-5,7-8,14H,2-3,6H2,1H3,(H,13,15). The van der Waals surface area contributed by atoms with Crippen molar-refractivity contribution in [3.8, 4) is 0 Å². The van der Waals surface area contributed by atoms with Gasteiger partial charge in [-0.2, -0.15) is 0 Å². The van der Waals surface area contributed by atoms with Crippen LogP contribution in [-0.2, 0) is 0 Å². The van der Waals surface area contributed by atoms with Gasteiger partial charge in [0.2, 0.25) is 0 Å². The molecular formula is C10H15N3O2. The lowest BCUT2D eigenvalue weighted by atomic mass is 10.1. The van der Waals surface area contributed by atoms with Crippen molar-refractivity contribution >= 4 is 5.91 Å². The summed E-state index contributed by atoms with van der Waals surface area (Å²) in [5.74, 6) is -0.247. The Kier molecular flexibility index (Phi) is 4.70. The number of hydrogen-bond donors (Lipinski definition) is 2. The van der Waals surface area contributed by atoms with Gasteiger partial charge in [-0.05, 0) is 12.8 Å². The van der Waals surface area contributed by atoms with E-state index in [2.05, 4.69) is 15.3 Å². The van der Waals surface area contributed by atoms with Gasteiger partial charge in [0.15, 0.2) is 0 Å². The second-order valence-electron chi connectivity index (χ2n) is 3.18. The minimum atomic E-state index is -0.247. The van der Waals surface area contributed by atoms with Gasteiger partial charge in [-0.15, -0.1) is 0 Å². The number of hydrogen-bond acceptors (Lipinski definition) is 4. The largest absolute Gasteiger partial charge is 0.396 e. The summed E-state index contributed by atoms with van der Waals surface area (Å²) in [6.45, 7) is 2.02. The van der Waals surface area contributed by atoms with E-state index >= 15 is 0 Å². The number of nitrogens with one attached hydrogen (secondary N) is 1. The van der Waals surface area contributed by atoms with Crippen molar-refractivity contribution in [2.45, 2.75) is 25.8 Å². The smallest absolute Gasteiger partial charge is 0.271 e. The molecule has 0 saturated heterocycles. The Labute approximate surface area is 88.6 Å². The molecule has 0 spiro atoms. The summed E-state index contributed by atoms with van der Waals surface area (Å²) in [6.07, 6.45) is 5.75. The Morgan fingerprint density at radius 3 is 2.93 bits per heavy atom. The molecule has 0 saturated carbocycles. The number of aliphatic hydroxyl groups excluding tert-OH is 1. The molecule has 15 heavy (non-hydrogen) atoms. The maximum atomic E-state index is 11.6. The van der Waals surface area contributed by atoms with Crippen LogP contribution in [0.15, 0.2) is 18.6 Å². The first-order chi connectivity index (χ1) is 7.27. The molecule has 1 atom stereocenters. The van der Waals surface area contributed by atoms with Gasteiger partial charge < -0.3 is 10.4 Å². The van der Waals surface area contributed by atoms with Crippen molar-refractivity contribution in [3.63, 3.8) is 0 Å². The Hall–Kier alpha value is -1.49. The summed E-state index contributed by atoms with van der Waals surface area (Å²) in [5, 5.41) is 11.6. The third kappa shape index (κ3) is 3.63. The predicted octanol–water partition coefficient (Wildman–Crippen LogP) is 0.367. The van der Waals surface area contributed by atoms with Gasteiger partial charge in [0.1, 0.15) is 5.69 Å². The van der Waals surface area contributed by atoms with Gasteiger partial charge in [-0.1, -0.05) is 6.92 Å². The van der Waals surface area contributed by atoms with Gasteiger partial charge in [0.05, 0.1) is 6.20 Å². The molecule has 2 N–H and O–H groups in total. The molecule has 1 amide bonds. The first-order valence-corrected chi connectivity index (χ1v) is 4.95. The van der Waals surface area contributed by atoms with E-state index in [4.69, 9.17) is 5.11 Å². The van der Waals surface area contributed by atoms with Crippen molar-refractivity contribution < 1.29 is 9.90 Å². The molecular weight excluding hydrogens is 194 g/mol. The Morgan fingerprint density at radius 2 is 2.40 bits per heavy atom. The van der Waals surface area contributed by atoms with E-state index in [0.29, 0.717) is 12.1 Å². The lowest BCUT2D eigenvalue weighted by molar-refractivity contribution is 0.0923. The fraction of sp³-hybridized carbons (Fsp3) is 0.500. The lowest BCUT2D eigenvalue weighted by Gasteiger charge is -2.14. The number of aliphatic hydroxyl groups is 1. The number of amides is 1. The summed E-state index contributed by atoms with van der Waals surface area (Å²) in [5.41, 5.74) is 0.300. The fourth-order valence-corrected chi connectivity index (χ4v) is 1.21. The average molecular weight is 209 g/mol. The first kappa shape index (κ1) is 11.6. The average Bonchev–Trinajstić information content (AvgIpc) is 2.29. The first-order valence-electron chi connectivity index (χ1n) is 4.95. The highest BCUT2D eigenvalue weighted by Crippen LogP contribution is 1.99. The monoisotopic (exact) mass is 209 g/mol. The third-order valence-corrected chi connectivity index (χ3v) is 2.10. The van der Waals surface area contributed by atoms with Crippen LogP contribution in [0.2, 0.25) is 0 Å². The van der Waals surface area contributed by atoms with E-state index in [-0.39, 0.29) is 18.6 Å². The Balaban J connectivity index is 2.55. The molecule has 82 valence electrons. The molecule has 0 aliphatic heterocycles. The van der Waals surface area contributed by atoms with E-state index < -0.39 is 0 Å². The summed E-state index contributed by atoms with van der Waals surface area (Å²) >= 11 is 0. The molecule has 1 aromatic heterocycles. The second kappa shape index (κ2) is 6.08. The highest BCUT2D eigenvalue weighted by Gasteiger charge is 2.12. The van der Waals surface area contributed by atoms with Gasteiger partial charge in [0, 0.05) is 25.0 Å². The molecule has 5 heteroatoms. The van der Waals surface area contributed by atoms with Crippen LogP contribution in [0.5, 0.6) is 0 Å². The maximum absolute atomic E-state index is 11.6. The van der Waals surface area contributed by atoms with Crippen LogP contribution < -0.4 is 5.32 Å². The molecule has 1 unspecified atom stereocenters. The van der Waals surface area contributed by atoms with Crippen LogP contribution in [0.1, 0.15) is 30.3 Å². The van der Waals surface area contributed by atoms with E-state index in [1.54, 1.807) is 0 Å². The van der Waals surface area contributed by atoms with Crippen molar-refractivity contribution in [1.29, 1.82) is 0 Å². The number of nitrogens with zero attached hydrogens (tertiary/aromatic N) is 2. The van der Waals surface area contributed by atoms with Crippen LogP contribution in [-0.4, -0.2) is 33.6 Å². The fourth-order valence-electron chi connectivity index (χ4n) is 1.21. The maximum Gasteiger partial charge on any atom is 0.271 e. The molecule has 5 nitrogen and oxygen atoms in total. The molecule has 0 radical (unpaired) electrons. The third-order valence-electron chi connectivity index (χ3n) is 2.10. The Bertz CT molecular complexity index is 303. The van der Waals surface area contributed by atoms with Crippen molar-refractivity contribution in [2.24, 2.45) is 0 Å². The quantitative estimate of drug-likeness (QED) is 0.734. The highest BCUT2D eigenvalue weighted by molar-refractivity contribution is 5.92. The summed E-state index contributed by atoms with van der Waals surface area (Å²) in [6, 6.07) is -0.00972. The van der Waals surface area contributed by atoms with Gasteiger partial charge in [-0.3, -0.25) is 9.78 Å². The number of carbonyl (C=O) groups excluding carboxylic acids is 1. The van der Waals surface area contributed by atoms with Crippen molar-refractivity contribution in [3.05, 3.63) is 24.3 Å². The number of aromatic nitrogens is 2. The molecule has 0 bridgehead atoms. The van der Waals surface area contributed by atoms with E-state index in [1.165, 1.54) is 18.6 Å². The highest BCUT2D eigenvalue weighted by atomic mass is 16.3. The second-order valence-corrected chi connectivity index (χ2v) is 3.18. The van der Waals surface area contributed by atoms with Gasteiger partial charge >= 0.3 is 0 Å². The normalized spacial score (nSPS) is 12.1. The molecule has 0 aliphatic rings. The van der Waals surface area contributed by atoms with E-state index in [1.807, 2.05) is 6.92 Å². The van der Waals surface area contributed by atoms with Gasteiger partial charge in [-0.25, -0.2) is 4.98 Å². The number of rotatable bonds is 5. The molecule has 0 aliphatic carbocycles. The molecule has 1 aromatic rings. The molecule has 0 aromatic carbocycles. The zero-order chi connectivity index (χ0) is 11.1. The van der Waals surface area contributed by atoms with E-state index in [9.17, 15) is 4.79 Å². The topological polar surface area (TPSA) is 75.1 Å². The van der Waals surface area contributed by atoms with Crippen LogP contribution in [0.25, 0.3) is 0 Å². The van der Waals surface area contributed by atoms with Crippen LogP contribution >= 0.6 is 0 Å². The van der Waals surface area contributed by atoms with Gasteiger partial charge in [0.25, 0.3) is 5.91 Å². The lowest BCUT2D eigenvalue weighted by Crippen LogP contribution is -2.35. The zero-order valence-corrected chi connectivity index (χ0v) is 8.68. The summed E-state index contributed by atoms with van der Waals surface area (Å²) in [7, 11) is 0. The SMILES string of the molecule is CCC(CCO)NC(=O)c1cnccn1. The molecule has 1 heterocycles. The summed E-state index contributed by atoms with van der Waals surface area (Å²) in [4.78, 5) is 19.3. The van der Waals surface area contributed by atoms with Crippen LogP contribution in [0.3, 0.4) is 0 Å². The molecule has 0 fully saturated rings. The summed E-state index contributed by atoms with van der Waals surface area (Å²) < 4.78 is 0. The van der Waals surface area contributed by atoms with Crippen LogP contribution in [0.4, 0.5) is 0 Å².